The lowest BCUT2D eigenvalue weighted by atomic mass is 10.1. The Bertz CT molecular complexity index is 393. The van der Waals surface area contributed by atoms with Crippen LogP contribution in [-0.2, 0) is 0 Å². The van der Waals surface area contributed by atoms with E-state index in [1.165, 1.54) is 0 Å². The van der Waals surface area contributed by atoms with Crippen molar-refractivity contribution in [2.75, 3.05) is 0 Å². The largest absolute Gasteiger partial charge is 0.444 e. The molecule has 3 atom stereocenters. The average molecular weight is 219 g/mol. The summed E-state index contributed by atoms with van der Waals surface area (Å²) in [6.07, 6.45) is 4.94. The lowest BCUT2D eigenvalue weighted by Gasteiger charge is -2.19. The Morgan fingerprint density at radius 2 is 2.44 bits per heavy atom. The van der Waals surface area contributed by atoms with Crippen molar-refractivity contribution in [1.82, 2.24) is 10.3 Å². The fraction of sp³-hybridized carbons (Fsp3) is 0.667. The van der Waals surface area contributed by atoms with Crippen molar-refractivity contribution in [1.29, 1.82) is 5.26 Å². The monoisotopic (exact) mass is 219 g/mol. The van der Waals surface area contributed by atoms with Crippen LogP contribution in [0.4, 0.5) is 0 Å². The Morgan fingerprint density at radius 1 is 1.62 bits per heavy atom. The van der Waals surface area contributed by atoms with Crippen molar-refractivity contribution in [2.45, 2.75) is 45.2 Å². The highest BCUT2D eigenvalue weighted by atomic mass is 16.4. The minimum absolute atomic E-state index is 0.0765. The molecule has 1 aromatic rings. The number of hydrogen-bond acceptors (Lipinski definition) is 4. The van der Waals surface area contributed by atoms with Crippen molar-refractivity contribution in [3.05, 3.63) is 17.8 Å². The van der Waals surface area contributed by atoms with Gasteiger partial charge in [-0.05, 0) is 26.7 Å². The van der Waals surface area contributed by atoms with Gasteiger partial charge in [-0.3, -0.25) is 0 Å². The van der Waals surface area contributed by atoms with E-state index in [0.717, 1.165) is 25.0 Å². The third kappa shape index (κ3) is 2.25. The second-order valence-corrected chi connectivity index (χ2v) is 4.47. The third-order valence-electron chi connectivity index (χ3n) is 3.16. The molecule has 16 heavy (non-hydrogen) atoms. The highest BCUT2D eigenvalue weighted by Crippen LogP contribution is 2.27. The normalized spacial score (nSPS) is 26.6. The minimum Gasteiger partial charge on any atom is -0.444 e. The lowest BCUT2D eigenvalue weighted by molar-refractivity contribution is 0.352. The van der Waals surface area contributed by atoms with E-state index in [9.17, 15) is 0 Å². The van der Waals surface area contributed by atoms with E-state index in [2.05, 4.69) is 16.4 Å². The molecule has 3 unspecified atom stereocenters. The Labute approximate surface area is 95.7 Å². The molecule has 86 valence electrons. The maximum Gasteiger partial charge on any atom is 0.211 e. The van der Waals surface area contributed by atoms with Crippen molar-refractivity contribution < 1.29 is 4.42 Å². The zero-order valence-electron chi connectivity index (χ0n) is 9.73. The van der Waals surface area contributed by atoms with Gasteiger partial charge in [-0.2, -0.15) is 5.26 Å². The molecule has 0 bridgehead atoms. The molecule has 4 heteroatoms. The van der Waals surface area contributed by atoms with Crippen LogP contribution in [0.3, 0.4) is 0 Å². The molecule has 0 saturated heterocycles. The molecule has 2 rings (SSSR count). The van der Waals surface area contributed by atoms with Crippen LogP contribution in [0.15, 0.2) is 10.6 Å². The van der Waals surface area contributed by atoms with Gasteiger partial charge in [0.05, 0.1) is 24.2 Å². The lowest BCUT2D eigenvalue weighted by Crippen LogP contribution is -2.34. The van der Waals surface area contributed by atoms with E-state index in [0.29, 0.717) is 5.89 Å². The van der Waals surface area contributed by atoms with Crippen LogP contribution in [0.25, 0.3) is 0 Å². The summed E-state index contributed by atoms with van der Waals surface area (Å²) in [7, 11) is 0. The van der Waals surface area contributed by atoms with Gasteiger partial charge in [-0.1, -0.05) is 6.42 Å². The molecule has 0 aromatic carbocycles. The number of aromatic nitrogens is 1. The molecule has 1 aromatic heterocycles. The van der Waals surface area contributed by atoms with E-state index in [1.54, 1.807) is 6.20 Å². The van der Waals surface area contributed by atoms with Gasteiger partial charge in [0.1, 0.15) is 5.76 Å². The molecule has 0 radical (unpaired) electrons. The van der Waals surface area contributed by atoms with Crippen LogP contribution in [0.2, 0.25) is 0 Å². The summed E-state index contributed by atoms with van der Waals surface area (Å²) < 4.78 is 5.47. The van der Waals surface area contributed by atoms with E-state index < -0.39 is 0 Å². The Kier molecular flexibility index (Phi) is 3.25. The predicted molar refractivity (Wildman–Crippen MR) is 59.5 cm³/mol. The third-order valence-corrected chi connectivity index (χ3v) is 3.16. The van der Waals surface area contributed by atoms with E-state index in [-0.39, 0.29) is 18.0 Å². The molecular formula is C12H17N3O. The van der Waals surface area contributed by atoms with Crippen LogP contribution >= 0.6 is 0 Å². The quantitative estimate of drug-likeness (QED) is 0.847. The van der Waals surface area contributed by atoms with E-state index in [4.69, 9.17) is 9.68 Å². The summed E-state index contributed by atoms with van der Waals surface area (Å²) >= 11 is 0. The highest BCUT2D eigenvalue weighted by molar-refractivity contribution is 5.00. The van der Waals surface area contributed by atoms with Crippen LogP contribution in [0.1, 0.15) is 43.9 Å². The molecule has 0 aliphatic heterocycles. The highest BCUT2D eigenvalue weighted by Gasteiger charge is 2.29. The summed E-state index contributed by atoms with van der Waals surface area (Å²) in [5, 5.41) is 12.4. The maximum atomic E-state index is 8.99. The average Bonchev–Trinajstić information content (AvgIpc) is 2.86. The van der Waals surface area contributed by atoms with Gasteiger partial charge in [0.2, 0.25) is 5.89 Å². The standard InChI is InChI=1S/C12H17N3O/c1-8-7-14-12(16-8)9(2)15-11-5-3-4-10(11)6-13/h7,9-11,15H,3-5H2,1-2H3. The maximum absolute atomic E-state index is 8.99. The van der Waals surface area contributed by atoms with Crippen molar-refractivity contribution in [3.8, 4) is 6.07 Å². The molecule has 0 spiro atoms. The number of nitrogens with one attached hydrogen (secondary N) is 1. The number of rotatable bonds is 3. The van der Waals surface area contributed by atoms with Gasteiger partial charge in [-0.25, -0.2) is 4.98 Å². The Balaban J connectivity index is 1.97. The van der Waals surface area contributed by atoms with Crippen LogP contribution in [0.5, 0.6) is 0 Å². The molecule has 1 N–H and O–H groups in total. The zero-order chi connectivity index (χ0) is 11.5. The van der Waals surface area contributed by atoms with Gasteiger partial charge in [0, 0.05) is 6.04 Å². The fourth-order valence-corrected chi connectivity index (χ4v) is 2.28. The topological polar surface area (TPSA) is 61.9 Å². The van der Waals surface area contributed by atoms with Crippen molar-refractivity contribution in [3.63, 3.8) is 0 Å². The fourth-order valence-electron chi connectivity index (χ4n) is 2.28. The van der Waals surface area contributed by atoms with Gasteiger partial charge in [0.15, 0.2) is 0 Å². The van der Waals surface area contributed by atoms with Crippen molar-refractivity contribution in [2.24, 2.45) is 5.92 Å². The number of aryl methyl sites for hydroxylation is 1. The number of oxazole rings is 1. The second-order valence-electron chi connectivity index (χ2n) is 4.47. The molecule has 1 heterocycles. The molecule has 1 aliphatic rings. The molecular weight excluding hydrogens is 202 g/mol. The molecule has 4 nitrogen and oxygen atoms in total. The summed E-state index contributed by atoms with van der Waals surface area (Å²) in [4.78, 5) is 4.20. The van der Waals surface area contributed by atoms with Gasteiger partial charge < -0.3 is 9.73 Å². The number of nitriles is 1. The summed E-state index contributed by atoms with van der Waals surface area (Å²) in [5.41, 5.74) is 0. The van der Waals surface area contributed by atoms with Crippen molar-refractivity contribution >= 4 is 0 Å². The van der Waals surface area contributed by atoms with E-state index >= 15 is 0 Å². The predicted octanol–water partition coefficient (Wildman–Crippen LogP) is 2.33. The first-order valence-electron chi connectivity index (χ1n) is 5.78. The van der Waals surface area contributed by atoms with Gasteiger partial charge >= 0.3 is 0 Å². The SMILES string of the molecule is Cc1cnc(C(C)NC2CCCC2C#N)o1. The first kappa shape index (κ1) is 11.2. The van der Waals surface area contributed by atoms with Crippen LogP contribution < -0.4 is 5.32 Å². The van der Waals surface area contributed by atoms with E-state index in [1.807, 2.05) is 13.8 Å². The molecule has 1 fully saturated rings. The zero-order valence-corrected chi connectivity index (χ0v) is 9.73. The number of nitrogens with zero attached hydrogens (tertiary/aromatic N) is 2. The molecule has 1 saturated carbocycles. The number of hydrogen-bond donors (Lipinski definition) is 1. The summed E-state index contributed by atoms with van der Waals surface area (Å²) in [6.45, 7) is 3.91. The Hall–Kier alpha value is -1.34. The minimum atomic E-state index is 0.0765. The second kappa shape index (κ2) is 4.67. The van der Waals surface area contributed by atoms with Crippen LogP contribution in [0, 0.1) is 24.2 Å². The first-order chi connectivity index (χ1) is 7.70. The van der Waals surface area contributed by atoms with Crippen LogP contribution in [-0.4, -0.2) is 11.0 Å². The molecule has 1 aliphatic carbocycles. The molecule has 0 amide bonds. The Morgan fingerprint density at radius 3 is 3.06 bits per heavy atom. The van der Waals surface area contributed by atoms with Gasteiger partial charge in [-0.15, -0.1) is 0 Å². The summed E-state index contributed by atoms with van der Waals surface area (Å²) in [5.74, 6) is 1.67. The smallest absolute Gasteiger partial charge is 0.211 e. The first-order valence-corrected chi connectivity index (χ1v) is 5.78. The summed E-state index contributed by atoms with van der Waals surface area (Å²) in [6, 6.07) is 2.72. The van der Waals surface area contributed by atoms with Gasteiger partial charge in [0.25, 0.3) is 0 Å².